The van der Waals surface area contributed by atoms with Crippen molar-refractivity contribution in [3.05, 3.63) is 14.9 Å². The molecule has 8 heteroatoms. The zero-order valence-corrected chi connectivity index (χ0v) is 29.1. The molecule has 4 fully saturated rings. The molecule has 230 valence electrons. The second kappa shape index (κ2) is 22.1. The van der Waals surface area contributed by atoms with Crippen LogP contribution in [0.15, 0.2) is 0 Å². The molecular formula is C33H56BFeN2O2P2+. The van der Waals surface area contributed by atoms with E-state index in [4.69, 9.17) is 23.5 Å². The average molecular weight is 641 g/mol. The molecule has 2 saturated heterocycles. The number of hydrogen-bond donors (Lipinski definition) is 0. The fraction of sp³-hybridized carbons (Fsp3) is 0.697. The summed E-state index contributed by atoms with van der Waals surface area (Å²) < 4.78 is 16.7. The summed E-state index contributed by atoms with van der Waals surface area (Å²) in [6.07, 6.45) is 21.0. The first-order chi connectivity index (χ1) is 18.6. The molecule has 4 rings (SSSR count). The molecular weight excluding hydrogens is 585 g/mol. The van der Waals surface area contributed by atoms with Crippen molar-refractivity contribution < 1.29 is 29.4 Å². The van der Waals surface area contributed by atoms with E-state index in [0.29, 0.717) is 23.4 Å². The van der Waals surface area contributed by atoms with E-state index >= 15 is 0 Å². The maximum atomic E-state index is 7.74. The number of nitrogens with zero attached hydrogens (tertiary/aromatic N) is 2. The molecule has 4 aliphatic rings. The fourth-order valence-electron chi connectivity index (χ4n) is 6.77. The van der Waals surface area contributed by atoms with E-state index in [0.717, 1.165) is 26.3 Å². The Labute approximate surface area is 271 Å². The molecule has 0 aromatic rings. The molecule has 4 nitrogen and oxygen atoms in total. The topological polar surface area (TPSA) is 24.9 Å². The molecule has 3 unspecified atom stereocenters. The van der Waals surface area contributed by atoms with E-state index in [-0.39, 0.29) is 34.8 Å². The Hall–Kier alpha value is -0.476. The third-order valence-corrected chi connectivity index (χ3v) is 15.1. The molecule has 2 heterocycles. The predicted octanol–water partition coefficient (Wildman–Crippen LogP) is 7.11. The SMILES string of the molecule is C1CCCC1.[B][P+](C1CCCC1P(C)C#CC#CC#CC#C)(N1CCC[C@@H]1COC)N1CCC[C@@H]1COC.[CH3-].[CH3-].[Fe+2].[HH].[HH]. The standard InChI is InChI=1S/C26H36BN2O2P2.C5H10.2CH3.Fe.2H2/c1-5-6-7-8-9-10-20-32(4)25-16-11-17-26(25)33(27,28-18-12-14-23(28)21-30-2)29-19-13-15-24(29)22-31-3;1-2-4-5-3-1;;;;;/h1,23-26H,11-19,21-22H2,2-4H3;1-5H2;2*1H3;;2*1H/q+1;;2*-1;+2;;/t23-,24-,25?,26?,32?;;;;;;/m1....../s1. The normalized spacial score (nSPS) is 26.0. The van der Waals surface area contributed by atoms with Crippen LogP contribution in [0.2, 0.25) is 0 Å². The molecule has 41 heavy (non-hydrogen) atoms. The molecule has 0 N–H and O–H groups in total. The van der Waals surface area contributed by atoms with Gasteiger partial charge in [-0.3, -0.25) is 0 Å². The minimum absolute atomic E-state index is 0. The molecule has 0 bridgehead atoms. The first-order valence-electron chi connectivity index (χ1n) is 14.5. The average Bonchev–Trinajstić information content (AvgIpc) is 3.74. The second-order valence-corrected chi connectivity index (χ2v) is 16.1. The maximum Gasteiger partial charge on any atom is 2.00 e. The zero-order valence-electron chi connectivity index (χ0n) is 26.2. The summed E-state index contributed by atoms with van der Waals surface area (Å²) in [6.45, 7) is 5.97. The monoisotopic (exact) mass is 641 g/mol. The molecule has 2 saturated carbocycles. The van der Waals surface area contributed by atoms with Crippen LogP contribution in [0.5, 0.6) is 0 Å². The summed E-state index contributed by atoms with van der Waals surface area (Å²) in [5.41, 5.74) is 4.47. The van der Waals surface area contributed by atoms with Crippen LogP contribution in [-0.2, 0) is 26.5 Å². The molecule has 0 aromatic heterocycles. The number of ether oxygens (including phenoxy) is 2. The zero-order chi connectivity index (χ0) is 27.2. The smallest absolute Gasteiger partial charge is 0.383 e. The number of hydrogen-bond acceptors (Lipinski definition) is 4. The predicted molar refractivity (Wildman–Crippen MR) is 182 cm³/mol. The van der Waals surface area contributed by atoms with Crippen molar-refractivity contribution in [3.8, 4) is 47.6 Å². The first kappa shape index (κ1) is 40.5. The Morgan fingerprint density at radius 2 is 1.27 bits per heavy atom. The van der Waals surface area contributed by atoms with Crippen molar-refractivity contribution in [2.75, 3.05) is 47.2 Å². The van der Waals surface area contributed by atoms with Gasteiger partial charge in [0.25, 0.3) is 0 Å². The van der Waals surface area contributed by atoms with Gasteiger partial charge in [0.1, 0.15) is 7.44 Å². The second-order valence-electron chi connectivity index (χ2n) is 10.9. The summed E-state index contributed by atoms with van der Waals surface area (Å²) in [5.74, 6) is 16.0. The third kappa shape index (κ3) is 11.2. The largest absolute Gasteiger partial charge is 2.00 e. The maximum absolute atomic E-state index is 7.74. The van der Waals surface area contributed by atoms with E-state index in [2.05, 4.69) is 57.2 Å². The van der Waals surface area contributed by atoms with E-state index in [1.54, 1.807) is 0 Å². The van der Waals surface area contributed by atoms with Crippen molar-refractivity contribution in [2.24, 2.45) is 0 Å². The molecule has 0 amide bonds. The fourth-order valence-corrected chi connectivity index (χ4v) is 14.2. The Bertz CT molecular complexity index is 949. The quantitative estimate of drug-likeness (QED) is 0.122. The molecule has 2 radical (unpaired) electrons. The minimum atomic E-state index is -2.07. The van der Waals surface area contributed by atoms with Crippen LogP contribution in [0.3, 0.4) is 0 Å². The summed E-state index contributed by atoms with van der Waals surface area (Å²) >= 11 is 0. The van der Waals surface area contributed by atoms with Gasteiger partial charge in [0.2, 0.25) is 0 Å². The van der Waals surface area contributed by atoms with Crippen LogP contribution >= 0.6 is 15.4 Å². The van der Waals surface area contributed by atoms with Crippen LogP contribution in [0.25, 0.3) is 0 Å². The van der Waals surface area contributed by atoms with Gasteiger partial charge in [-0.05, 0) is 95.1 Å². The summed E-state index contributed by atoms with van der Waals surface area (Å²) in [4.78, 5) is 0. The molecule has 0 spiro atoms. The Balaban J connectivity index is -0.00000145. The van der Waals surface area contributed by atoms with Crippen molar-refractivity contribution in [1.29, 1.82) is 0 Å². The molecule has 2 aliphatic heterocycles. The van der Waals surface area contributed by atoms with Crippen molar-refractivity contribution >= 4 is 22.9 Å². The van der Waals surface area contributed by atoms with Crippen molar-refractivity contribution in [2.45, 2.75) is 100 Å². The van der Waals surface area contributed by atoms with Gasteiger partial charge in [-0.1, -0.05) is 37.8 Å². The number of methoxy groups -OCH3 is 2. The van der Waals surface area contributed by atoms with Crippen molar-refractivity contribution in [3.63, 3.8) is 0 Å². The van der Waals surface area contributed by atoms with Crippen LogP contribution in [-0.4, -0.2) is 87.5 Å². The van der Waals surface area contributed by atoms with Crippen LogP contribution in [0, 0.1) is 62.5 Å². The van der Waals surface area contributed by atoms with E-state index in [1.807, 2.05) is 14.2 Å². The number of rotatable bonds is 8. The van der Waals surface area contributed by atoms with Gasteiger partial charge in [-0.2, -0.15) is 9.34 Å². The van der Waals surface area contributed by atoms with E-state index in [1.165, 1.54) is 77.0 Å². The minimum Gasteiger partial charge on any atom is -0.383 e. The molecule has 0 aromatic carbocycles. The summed E-state index contributed by atoms with van der Waals surface area (Å²) in [5, 5.41) is 0. The number of terminal acetylenes is 1. The van der Waals surface area contributed by atoms with Gasteiger partial charge < -0.3 is 24.3 Å². The van der Waals surface area contributed by atoms with Gasteiger partial charge >= 0.3 is 24.6 Å². The van der Waals surface area contributed by atoms with E-state index < -0.39 is 15.4 Å². The van der Waals surface area contributed by atoms with Gasteiger partial charge in [0.05, 0.1) is 31.0 Å². The van der Waals surface area contributed by atoms with Gasteiger partial charge in [-0.15, -0.1) is 6.42 Å². The van der Waals surface area contributed by atoms with Crippen LogP contribution in [0.4, 0.5) is 0 Å². The van der Waals surface area contributed by atoms with Gasteiger partial charge in [0.15, 0.2) is 0 Å². The first-order valence-corrected chi connectivity index (χ1v) is 18.2. The van der Waals surface area contributed by atoms with Crippen LogP contribution < -0.4 is 0 Å². The van der Waals surface area contributed by atoms with Gasteiger partial charge in [-0.25, -0.2) is 0 Å². The third-order valence-electron chi connectivity index (χ3n) is 8.47. The Morgan fingerprint density at radius 1 is 0.780 bits per heavy atom. The summed E-state index contributed by atoms with van der Waals surface area (Å²) in [7, 11) is 8.79. The molecule has 5 atom stereocenters. The van der Waals surface area contributed by atoms with Gasteiger partial charge in [0, 0.05) is 35.8 Å². The Morgan fingerprint density at radius 3 is 1.76 bits per heavy atom. The van der Waals surface area contributed by atoms with E-state index in [9.17, 15) is 0 Å². The molecule has 2 aliphatic carbocycles. The van der Waals surface area contributed by atoms with Crippen LogP contribution in [0.1, 0.15) is 79.9 Å². The summed E-state index contributed by atoms with van der Waals surface area (Å²) in [6, 6.07) is 0.821. The Kier molecular flexibility index (Phi) is 21.8. The van der Waals surface area contributed by atoms with Crippen molar-refractivity contribution in [1.82, 2.24) is 9.34 Å².